The highest BCUT2D eigenvalue weighted by atomic mass is 16.8. The zero-order chi connectivity index (χ0) is 88.2. The van der Waals surface area contributed by atoms with E-state index in [-0.39, 0.29) is 0 Å². The first-order valence-electron chi connectivity index (χ1n) is 38.4. The van der Waals surface area contributed by atoms with Crippen LogP contribution in [0.5, 0.6) is 0 Å². The molecule has 10 rings (SSSR count). The molecule has 0 bridgehead atoms. The maximum Gasteiger partial charge on any atom is 0.217 e. The summed E-state index contributed by atoms with van der Waals surface area (Å²) in [5.74, 6) is -3.61. The van der Waals surface area contributed by atoms with Gasteiger partial charge in [-0.15, -0.1) is 0 Å². The Kier molecular flexibility index (Phi) is 35.0. The van der Waals surface area contributed by atoms with Crippen LogP contribution in [0.2, 0.25) is 0 Å². The lowest BCUT2D eigenvalue weighted by molar-refractivity contribution is -0.403. The summed E-state index contributed by atoms with van der Waals surface area (Å²) in [6.45, 7) is -4.91. The van der Waals surface area contributed by atoms with Crippen molar-refractivity contribution in [1.82, 2.24) is 21.3 Å². The topological polar surface area (TPSA) is 818 Å². The Hall–Kier alpha value is -3.92. The van der Waals surface area contributed by atoms with Gasteiger partial charge in [0.25, 0.3) is 0 Å². The van der Waals surface area contributed by atoms with E-state index in [0.717, 1.165) is 27.7 Å². The number of nitrogens with one attached hydrogen (secondary N) is 4. The lowest BCUT2D eigenvalue weighted by atomic mass is 9.93. The zero-order valence-electron chi connectivity index (χ0n) is 64.7. The Morgan fingerprint density at radius 3 is 1.02 bits per heavy atom. The number of hydrogen-bond donors (Lipinski definition) is 30. The molecule has 10 aliphatic rings. The normalized spacial score (nSPS) is 49.6. The molecule has 53 nitrogen and oxygen atoms in total. The van der Waals surface area contributed by atoms with Gasteiger partial charge in [-0.2, -0.15) is 0 Å². The van der Waals surface area contributed by atoms with E-state index in [9.17, 15) is 152 Å². The summed E-state index contributed by atoms with van der Waals surface area (Å²) >= 11 is 0. The van der Waals surface area contributed by atoms with Crippen LogP contribution in [0, 0.1) is 0 Å². The van der Waals surface area contributed by atoms with E-state index in [1.165, 1.54) is 6.92 Å². The van der Waals surface area contributed by atoms with Gasteiger partial charge in [0.05, 0.1) is 65.6 Å². The predicted octanol–water partition coefficient (Wildman–Crippen LogP) is -20.6. The van der Waals surface area contributed by atoms with E-state index in [4.69, 9.17) is 90.0 Å². The average Bonchev–Trinajstić information content (AvgIpc) is 1.68. The fourth-order valence-electron chi connectivity index (χ4n) is 15.7. The third kappa shape index (κ3) is 21.4. The molecule has 120 heavy (non-hydrogen) atoms. The summed E-state index contributed by atoms with van der Waals surface area (Å²) < 4.78 is 114. The molecular weight excluding hydrogens is 1640 g/mol. The number of carbonyl (C=O) groups excluding carboxylic acids is 4. The van der Waals surface area contributed by atoms with Crippen LogP contribution in [-0.2, 0) is 109 Å². The van der Waals surface area contributed by atoms with E-state index in [1.54, 1.807) is 0 Å². The fourth-order valence-corrected chi connectivity index (χ4v) is 15.7. The summed E-state index contributed by atoms with van der Waals surface area (Å²) in [5, 5.41) is 300. The largest absolute Gasteiger partial charge is 0.394 e. The quantitative estimate of drug-likeness (QED) is 0.0306. The summed E-state index contributed by atoms with van der Waals surface area (Å²) in [6.07, 6.45) is -92.9. The molecule has 0 aromatic heterocycles. The van der Waals surface area contributed by atoms with Gasteiger partial charge >= 0.3 is 0 Å². The maximum atomic E-state index is 13.4. The van der Waals surface area contributed by atoms with E-state index in [2.05, 4.69) is 21.3 Å². The number of carbonyl (C=O) groups is 4. The average molecular weight is 1760 g/mol. The van der Waals surface area contributed by atoms with E-state index < -0.39 is 384 Å². The third-order valence-corrected chi connectivity index (χ3v) is 22.1. The molecule has 10 heterocycles. The smallest absolute Gasteiger partial charge is 0.217 e. The number of rotatable bonds is 31. The van der Waals surface area contributed by atoms with Gasteiger partial charge in [0, 0.05) is 27.7 Å². The molecule has 10 fully saturated rings. The van der Waals surface area contributed by atoms with Crippen LogP contribution in [-0.4, -0.2) is 517 Å². The van der Waals surface area contributed by atoms with Crippen LogP contribution < -0.4 is 21.3 Å². The maximum absolute atomic E-state index is 13.4. The minimum absolute atomic E-state index is 0.838. The molecule has 10 aliphatic heterocycles. The van der Waals surface area contributed by atoms with Gasteiger partial charge in [0.2, 0.25) is 23.6 Å². The fraction of sp³-hybridized carbons (Fsp3) is 0.940. The highest BCUT2D eigenvalue weighted by Crippen LogP contribution is 2.42. The second kappa shape index (κ2) is 42.8. The molecule has 0 radical (unpaired) electrons. The molecule has 0 aliphatic carbocycles. The van der Waals surface area contributed by atoms with Crippen molar-refractivity contribution in [3.8, 4) is 0 Å². The Morgan fingerprint density at radius 1 is 0.233 bits per heavy atom. The number of amides is 4. The van der Waals surface area contributed by atoms with Gasteiger partial charge in [-0.05, 0) is 6.92 Å². The van der Waals surface area contributed by atoms with E-state index in [0.29, 0.717) is 0 Å². The van der Waals surface area contributed by atoms with Crippen LogP contribution in [0.4, 0.5) is 0 Å². The van der Waals surface area contributed by atoms with Gasteiger partial charge in [0.1, 0.15) is 232 Å². The molecule has 10 saturated heterocycles. The molecule has 0 aromatic rings. The van der Waals surface area contributed by atoms with Crippen molar-refractivity contribution in [2.24, 2.45) is 0 Å². The minimum atomic E-state index is -2.51. The molecule has 49 atom stereocenters. The summed E-state index contributed by atoms with van der Waals surface area (Å²) in [4.78, 5) is 51.4. The van der Waals surface area contributed by atoms with Crippen LogP contribution >= 0.6 is 0 Å². The highest BCUT2D eigenvalue weighted by molar-refractivity contribution is 5.74. The van der Waals surface area contributed by atoms with Crippen molar-refractivity contribution in [1.29, 1.82) is 0 Å². The SMILES string of the molecule is CC(=O)N[C@@H]1[C@@H](O[C@@H]2O[C@@H](C)[C@@H](O)[C@@H](O)[C@@H]2O)[C@H](O[C@@H]2O[C@H](CO)[C@@H](O[C@@H]3O[C@H](CO[C@H]4O[C@H](CO)[C@@H](O[C@@H]5O[C@H](CO)[C@@H](O)[C@H](O[C@@H]6O[C@H](CO)[C@H](O)[C@H](O)[C@H]6O)[C@H]5NC(C)=O)[C@H](O)[C@@H]4O)[C@@H](O)[C@H](O[C@H]4O[C@H](CO)[C@@H](O[C@@H]5O[C@H](CO)[C@@H](O)[C@H](O)[C@H]5NC(C)=O)[C@H](O)[C@@H]4O)[C@@H]3O[C@@H]3O[C@H](CO)[C@H](O)[C@H]3O)[C@H](O)[C@H]2NC(C)=O)[C@@H](CO)O[C@H]1O. The van der Waals surface area contributed by atoms with Crippen molar-refractivity contribution in [3.05, 3.63) is 0 Å². The van der Waals surface area contributed by atoms with E-state index >= 15 is 0 Å². The highest BCUT2D eigenvalue weighted by Gasteiger charge is 2.62. The number of aliphatic hydroxyl groups is 26. The third-order valence-electron chi connectivity index (χ3n) is 22.1. The van der Waals surface area contributed by atoms with Gasteiger partial charge in [-0.25, -0.2) is 0 Å². The van der Waals surface area contributed by atoms with Crippen molar-refractivity contribution in [2.45, 2.75) is 335 Å². The van der Waals surface area contributed by atoms with Gasteiger partial charge in [0.15, 0.2) is 62.9 Å². The molecule has 0 spiro atoms. The molecule has 0 unspecified atom stereocenters. The van der Waals surface area contributed by atoms with Crippen molar-refractivity contribution in [3.63, 3.8) is 0 Å². The monoisotopic (exact) mass is 1760 g/mol. The first kappa shape index (κ1) is 98.3. The summed E-state index contributed by atoms with van der Waals surface area (Å²) in [6, 6.07) is -7.36. The van der Waals surface area contributed by atoms with Gasteiger partial charge in [-0.3, -0.25) is 19.2 Å². The van der Waals surface area contributed by atoms with Crippen LogP contribution in [0.25, 0.3) is 0 Å². The van der Waals surface area contributed by atoms with E-state index in [1.807, 2.05) is 0 Å². The number of ether oxygens (including phenoxy) is 19. The molecule has 0 aromatic carbocycles. The molecule has 30 N–H and O–H groups in total. The minimum Gasteiger partial charge on any atom is -0.394 e. The Balaban J connectivity index is 0.992. The molecule has 694 valence electrons. The van der Waals surface area contributed by atoms with Crippen molar-refractivity contribution in [2.75, 3.05) is 59.5 Å². The first-order valence-corrected chi connectivity index (χ1v) is 38.4. The number of hydrogen-bond acceptors (Lipinski definition) is 49. The lowest BCUT2D eigenvalue weighted by Crippen LogP contribution is -2.71. The zero-order valence-corrected chi connectivity index (χ0v) is 64.7. The second-order valence-electron chi connectivity index (χ2n) is 30.5. The standard InChI is InChI=1S/C67H112N4O49/c1-15-33(84)41(92)46(97)63(103-15)118-55-31(70-18(4)82)58(101)104-27(13-79)53(55)116-60-30(69-17(3)81)40(91)50(24(10-76)109-60)115-67-57(120-64-45(96)36(87)22(8-74)108-64)56(119-66-49(100)44(95)52(26(12-78)111-66)113-59-29(68-16(2)80)39(90)34(85)20(6-72)105-59)38(89)28(112-67)14-102-62-48(99)43(94)51(25(11-77)110-62)114-61-32(71-19(5)83)54(37(88)23(9-75)106-61)117-65-47(98)42(93)35(86)21(7-73)107-65/h15,20-67,72-79,84-101H,6-14H2,1-5H3,(H,68,80)(H,69,81)(H,70,82)(H,71,83)/t15-,20+,21+,22+,23+,24+,25+,26+,27+,28+,29+,30+,31+,32+,33+,34+,35-,36-,37+,38+,39+,40+,41+,42-,43+,44+,45+,46-,47+,48-,49-,50+,51+,52+,53+,54+,55+,56-,57-,58+,59-,60-,61-,62-,63-,64-,65-,66+,67-/m0/s1. The van der Waals surface area contributed by atoms with Crippen LogP contribution in [0.3, 0.4) is 0 Å². The molecule has 4 amide bonds. The van der Waals surface area contributed by atoms with Crippen LogP contribution in [0.15, 0.2) is 0 Å². The van der Waals surface area contributed by atoms with Crippen molar-refractivity contribution >= 4 is 23.6 Å². The summed E-state index contributed by atoms with van der Waals surface area (Å²) in [5.41, 5.74) is 0. The lowest BCUT2D eigenvalue weighted by Gasteiger charge is -2.52. The summed E-state index contributed by atoms with van der Waals surface area (Å²) in [7, 11) is 0. The van der Waals surface area contributed by atoms with Crippen molar-refractivity contribution < 1.29 is 242 Å². The number of aliphatic hydroxyl groups excluding tert-OH is 26. The molecule has 53 heteroatoms. The Bertz CT molecular complexity index is 3230. The van der Waals surface area contributed by atoms with Gasteiger partial charge < -0.3 is 244 Å². The second-order valence-corrected chi connectivity index (χ2v) is 30.5. The molecular formula is C67H112N4O49. The first-order chi connectivity index (χ1) is 56.8. The van der Waals surface area contributed by atoms with Crippen LogP contribution in [0.1, 0.15) is 34.6 Å². The predicted molar refractivity (Wildman–Crippen MR) is 369 cm³/mol. The van der Waals surface area contributed by atoms with Gasteiger partial charge in [-0.1, -0.05) is 0 Å². The Labute approximate surface area is 679 Å². The Morgan fingerprint density at radius 2 is 0.525 bits per heavy atom. The molecule has 0 saturated carbocycles.